The Morgan fingerprint density at radius 2 is 2.07 bits per heavy atom. The Kier molecular flexibility index (Phi) is 3.12. The van der Waals surface area contributed by atoms with Crippen LogP contribution in [0.25, 0.3) is 0 Å². The number of hydrogen-bond donors (Lipinski definition) is 1. The number of aromatic hydroxyl groups is 1. The number of carbonyl (C=O) groups excluding carboxylic acids is 1. The zero-order chi connectivity index (χ0) is 10.7. The largest absolute Gasteiger partial charge is 0.508 e. The predicted molar refractivity (Wildman–Crippen MR) is 53.5 cm³/mol. The van der Waals surface area contributed by atoms with E-state index in [0.717, 1.165) is 5.56 Å². The molecule has 1 N–H and O–H groups in total. The monoisotopic (exact) mass is 194 g/mol. The molecule has 0 radical (unpaired) electrons. The molecule has 0 unspecified atom stereocenters. The third-order valence-corrected chi connectivity index (χ3v) is 2.12. The van der Waals surface area contributed by atoms with Gasteiger partial charge in [-0.3, -0.25) is 0 Å². The number of rotatable bonds is 2. The fourth-order valence-electron chi connectivity index (χ4n) is 1.35. The van der Waals surface area contributed by atoms with Crippen molar-refractivity contribution < 1.29 is 14.6 Å². The molecule has 1 rings (SSSR count). The summed E-state index contributed by atoms with van der Waals surface area (Å²) in [6.07, 6.45) is 0. The van der Waals surface area contributed by atoms with Crippen molar-refractivity contribution in [3.05, 3.63) is 28.8 Å². The molecule has 3 nitrogen and oxygen atoms in total. The van der Waals surface area contributed by atoms with Gasteiger partial charge in [-0.1, -0.05) is 6.07 Å². The molecular weight excluding hydrogens is 180 g/mol. The van der Waals surface area contributed by atoms with Gasteiger partial charge in [-0.05, 0) is 32.4 Å². The van der Waals surface area contributed by atoms with Crippen molar-refractivity contribution in [1.29, 1.82) is 0 Å². The van der Waals surface area contributed by atoms with Gasteiger partial charge < -0.3 is 9.84 Å². The summed E-state index contributed by atoms with van der Waals surface area (Å²) < 4.78 is 4.89. The molecule has 0 saturated heterocycles. The summed E-state index contributed by atoms with van der Waals surface area (Å²) in [6, 6.07) is 3.28. The zero-order valence-corrected chi connectivity index (χ0v) is 8.63. The molecule has 3 heteroatoms. The lowest BCUT2D eigenvalue weighted by atomic mass is 10.0. The average Bonchev–Trinajstić information content (AvgIpc) is 2.13. The van der Waals surface area contributed by atoms with Crippen LogP contribution in [0, 0.1) is 13.8 Å². The van der Waals surface area contributed by atoms with E-state index >= 15 is 0 Å². The summed E-state index contributed by atoms with van der Waals surface area (Å²) in [7, 11) is 0. The van der Waals surface area contributed by atoms with Gasteiger partial charge in [0.25, 0.3) is 0 Å². The number of esters is 1. The second-order valence-corrected chi connectivity index (χ2v) is 3.12. The van der Waals surface area contributed by atoms with Gasteiger partial charge in [-0.15, -0.1) is 0 Å². The molecule has 0 fully saturated rings. The van der Waals surface area contributed by atoms with Gasteiger partial charge in [0.2, 0.25) is 0 Å². The highest BCUT2D eigenvalue weighted by Gasteiger charge is 2.15. The maximum Gasteiger partial charge on any atom is 0.338 e. The first-order chi connectivity index (χ1) is 6.57. The molecule has 1 aromatic rings. The highest BCUT2D eigenvalue weighted by Crippen LogP contribution is 2.23. The van der Waals surface area contributed by atoms with Crippen molar-refractivity contribution in [1.82, 2.24) is 0 Å². The van der Waals surface area contributed by atoms with Crippen LogP contribution >= 0.6 is 0 Å². The summed E-state index contributed by atoms with van der Waals surface area (Å²) >= 11 is 0. The molecule has 0 amide bonds. The number of hydrogen-bond acceptors (Lipinski definition) is 3. The van der Waals surface area contributed by atoms with Crippen molar-refractivity contribution in [2.45, 2.75) is 20.8 Å². The van der Waals surface area contributed by atoms with Crippen LogP contribution in [0.3, 0.4) is 0 Å². The molecular formula is C11H14O3. The minimum absolute atomic E-state index is 0.124. The molecule has 0 bridgehead atoms. The smallest absolute Gasteiger partial charge is 0.338 e. The Bertz CT molecular complexity index is 356. The topological polar surface area (TPSA) is 46.5 Å². The van der Waals surface area contributed by atoms with Gasteiger partial charge >= 0.3 is 5.97 Å². The molecule has 0 aromatic heterocycles. The van der Waals surface area contributed by atoms with E-state index in [2.05, 4.69) is 0 Å². The first-order valence-electron chi connectivity index (χ1n) is 4.54. The van der Waals surface area contributed by atoms with E-state index in [1.54, 1.807) is 26.0 Å². The van der Waals surface area contributed by atoms with Crippen LogP contribution in [0.5, 0.6) is 5.75 Å². The van der Waals surface area contributed by atoms with E-state index in [9.17, 15) is 9.90 Å². The molecule has 0 spiro atoms. The Labute approximate surface area is 83.3 Å². The van der Waals surface area contributed by atoms with Crippen molar-refractivity contribution >= 4 is 5.97 Å². The molecule has 14 heavy (non-hydrogen) atoms. The molecule has 0 aliphatic heterocycles. The van der Waals surface area contributed by atoms with Crippen molar-refractivity contribution in [3.63, 3.8) is 0 Å². The second-order valence-electron chi connectivity index (χ2n) is 3.12. The Balaban J connectivity index is 3.18. The molecule has 0 heterocycles. The first kappa shape index (κ1) is 10.6. The summed E-state index contributed by atoms with van der Waals surface area (Å²) in [5.74, 6) is -0.253. The zero-order valence-electron chi connectivity index (χ0n) is 8.63. The van der Waals surface area contributed by atoms with E-state index in [1.165, 1.54) is 0 Å². The van der Waals surface area contributed by atoms with Gasteiger partial charge in [0, 0.05) is 5.56 Å². The molecule has 0 aliphatic carbocycles. The second kappa shape index (κ2) is 4.13. The quantitative estimate of drug-likeness (QED) is 0.734. The van der Waals surface area contributed by atoms with Crippen LogP contribution in [0.2, 0.25) is 0 Å². The third-order valence-electron chi connectivity index (χ3n) is 2.12. The maximum atomic E-state index is 11.5. The number of phenols is 1. The number of benzene rings is 1. The average molecular weight is 194 g/mol. The van der Waals surface area contributed by atoms with Gasteiger partial charge in [-0.2, -0.15) is 0 Å². The van der Waals surface area contributed by atoms with E-state index in [-0.39, 0.29) is 11.7 Å². The van der Waals surface area contributed by atoms with Gasteiger partial charge in [-0.25, -0.2) is 4.79 Å². The fraction of sp³-hybridized carbons (Fsp3) is 0.364. The highest BCUT2D eigenvalue weighted by molar-refractivity contribution is 5.93. The molecule has 1 aromatic carbocycles. The standard InChI is InChI=1S/C11H14O3/c1-4-14-11(13)10-7(2)5-6-9(12)8(10)3/h5-6,12H,4H2,1-3H3. The van der Waals surface area contributed by atoms with Gasteiger partial charge in [0.1, 0.15) is 5.75 Å². The van der Waals surface area contributed by atoms with Crippen molar-refractivity contribution in [3.8, 4) is 5.75 Å². The van der Waals surface area contributed by atoms with E-state index in [1.807, 2.05) is 6.92 Å². The number of carbonyl (C=O) groups is 1. The summed E-state index contributed by atoms with van der Waals surface area (Å²) in [4.78, 5) is 11.5. The minimum atomic E-state index is -0.376. The minimum Gasteiger partial charge on any atom is -0.508 e. The van der Waals surface area contributed by atoms with Crippen molar-refractivity contribution in [2.24, 2.45) is 0 Å². The maximum absolute atomic E-state index is 11.5. The van der Waals surface area contributed by atoms with Crippen LogP contribution < -0.4 is 0 Å². The lowest BCUT2D eigenvalue weighted by molar-refractivity contribution is 0.0524. The lowest BCUT2D eigenvalue weighted by Crippen LogP contribution is -2.08. The van der Waals surface area contributed by atoms with Crippen LogP contribution in [-0.4, -0.2) is 17.7 Å². The van der Waals surface area contributed by atoms with Crippen LogP contribution in [-0.2, 0) is 4.74 Å². The van der Waals surface area contributed by atoms with Gasteiger partial charge in [0.05, 0.1) is 12.2 Å². The SMILES string of the molecule is CCOC(=O)c1c(C)ccc(O)c1C. The Morgan fingerprint density at radius 3 is 2.64 bits per heavy atom. The number of ether oxygens (including phenoxy) is 1. The van der Waals surface area contributed by atoms with E-state index < -0.39 is 0 Å². The Hall–Kier alpha value is -1.51. The molecule has 0 atom stereocenters. The van der Waals surface area contributed by atoms with E-state index in [4.69, 9.17) is 4.74 Å². The molecule has 0 aliphatic rings. The number of phenolic OH excluding ortho intramolecular Hbond substituents is 1. The molecule has 76 valence electrons. The van der Waals surface area contributed by atoms with Crippen LogP contribution in [0.1, 0.15) is 28.4 Å². The summed E-state index contributed by atoms with van der Waals surface area (Å²) in [5.41, 5.74) is 1.86. The van der Waals surface area contributed by atoms with Gasteiger partial charge in [0.15, 0.2) is 0 Å². The lowest BCUT2D eigenvalue weighted by Gasteiger charge is -2.09. The van der Waals surface area contributed by atoms with Crippen LogP contribution in [0.4, 0.5) is 0 Å². The normalized spacial score (nSPS) is 9.93. The Morgan fingerprint density at radius 1 is 1.43 bits per heavy atom. The first-order valence-corrected chi connectivity index (χ1v) is 4.54. The highest BCUT2D eigenvalue weighted by atomic mass is 16.5. The van der Waals surface area contributed by atoms with Crippen molar-refractivity contribution in [2.75, 3.05) is 6.61 Å². The number of aryl methyl sites for hydroxylation is 1. The fourth-order valence-corrected chi connectivity index (χ4v) is 1.35. The van der Waals surface area contributed by atoms with Crippen LogP contribution in [0.15, 0.2) is 12.1 Å². The predicted octanol–water partition coefficient (Wildman–Crippen LogP) is 2.19. The van der Waals surface area contributed by atoms with E-state index in [0.29, 0.717) is 17.7 Å². The third kappa shape index (κ3) is 1.87. The summed E-state index contributed by atoms with van der Waals surface area (Å²) in [6.45, 7) is 5.62. The molecule has 0 saturated carbocycles. The summed E-state index contributed by atoms with van der Waals surface area (Å²) in [5, 5.41) is 9.43.